The van der Waals surface area contributed by atoms with Crippen molar-refractivity contribution >= 4 is 45.9 Å². The molecule has 1 heterocycles. The molecule has 27 heavy (non-hydrogen) atoms. The van der Waals surface area contributed by atoms with Crippen LogP contribution >= 0.6 is 23.4 Å². The van der Waals surface area contributed by atoms with Gasteiger partial charge in [0.2, 0.25) is 5.91 Å². The number of pyridine rings is 1. The molecule has 2 aromatic carbocycles. The summed E-state index contributed by atoms with van der Waals surface area (Å²) in [5, 5.41) is 14.1. The van der Waals surface area contributed by atoms with E-state index < -0.39 is 0 Å². The lowest BCUT2D eigenvalue weighted by molar-refractivity contribution is -0.113. The number of benzene rings is 2. The molecule has 3 aromatic rings. The Morgan fingerprint density at radius 1 is 1.30 bits per heavy atom. The van der Waals surface area contributed by atoms with Crippen LogP contribution < -0.4 is 10.1 Å². The molecule has 1 aromatic heterocycles. The van der Waals surface area contributed by atoms with Crippen molar-refractivity contribution in [3.05, 3.63) is 59.1 Å². The number of ether oxygens (including phenoxy) is 1. The molecule has 0 unspecified atom stereocenters. The molecule has 3 rings (SSSR count). The van der Waals surface area contributed by atoms with E-state index in [0.29, 0.717) is 27.9 Å². The van der Waals surface area contributed by atoms with E-state index >= 15 is 0 Å². The zero-order chi connectivity index (χ0) is 19.2. The molecular formula is C20H16ClN3O2S. The summed E-state index contributed by atoms with van der Waals surface area (Å²) >= 11 is 7.14. The van der Waals surface area contributed by atoms with E-state index in [1.165, 1.54) is 11.8 Å². The average Bonchev–Trinajstić information content (AvgIpc) is 2.66. The van der Waals surface area contributed by atoms with Crippen molar-refractivity contribution in [2.45, 2.75) is 11.9 Å². The van der Waals surface area contributed by atoms with Crippen molar-refractivity contribution in [3.63, 3.8) is 0 Å². The summed E-state index contributed by atoms with van der Waals surface area (Å²) in [6.07, 6.45) is 0. The molecule has 0 aliphatic rings. The summed E-state index contributed by atoms with van der Waals surface area (Å²) in [7, 11) is 0. The van der Waals surface area contributed by atoms with E-state index in [1.54, 1.807) is 30.3 Å². The predicted octanol–water partition coefficient (Wildman–Crippen LogP) is 4.89. The van der Waals surface area contributed by atoms with Crippen LogP contribution in [-0.2, 0) is 4.79 Å². The van der Waals surface area contributed by atoms with Crippen LogP contribution in [0.15, 0.2) is 53.6 Å². The first-order valence-corrected chi connectivity index (χ1v) is 9.61. The number of aromatic nitrogens is 1. The number of anilines is 1. The Labute approximate surface area is 166 Å². The molecule has 0 spiro atoms. The lowest BCUT2D eigenvalue weighted by Crippen LogP contribution is -2.14. The lowest BCUT2D eigenvalue weighted by Gasteiger charge is -2.08. The lowest BCUT2D eigenvalue weighted by atomic mass is 10.1. The van der Waals surface area contributed by atoms with E-state index in [-0.39, 0.29) is 11.7 Å². The number of thioether (sulfide) groups is 1. The summed E-state index contributed by atoms with van der Waals surface area (Å²) in [5.74, 6) is 0.674. The van der Waals surface area contributed by atoms with Crippen LogP contribution in [0.5, 0.6) is 5.75 Å². The van der Waals surface area contributed by atoms with Crippen LogP contribution in [0, 0.1) is 11.3 Å². The van der Waals surface area contributed by atoms with Gasteiger partial charge in [-0.05, 0) is 49.4 Å². The van der Waals surface area contributed by atoms with Gasteiger partial charge in [-0.25, -0.2) is 4.98 Å². The van der Waals surface area contributed by atoms with Crippen molar-refractivity contribution in [1.82, 2.24) is 4.98 Å². The number of carbonyl (C=O) groups excluding carboxylic acids is 1. The minimum absolute atomic E-state index is 0.136. The second-order valence-corrected chi connectivity index (χ2v) is 6.99. The first-order valence-electron chi connectivity index (χ1n) is 8.25. The van der Waals surface area contributed by atoms with Crippen molar-refractivity contribution in [2.75, 3.05) is 17.7 Å². The van der Waals surface area contributed by atoms with Gasteiger partial charge >= 0.3 is 0 Å². The normalized spacial score (nSPS) is 10.4. The smallest absolute Gasteiger partial charge is 0.234 e. The topological polar surface area (TPSA) is 75.0 Å². The SMILES string of the molecule is CCOc1ccc2nc(SCC(=O)Nc3cccc(Cl)c3)c(C#N)cc2c1. The van der Waals surface area contributed by atoms with Gasteiger partial charge in [-0.2, -0.15) is 5.26 Å². The number of hydrogen-bond acceptors (Lipinski definition) is 5. The Morgan fingerprint density at radius 2 is 2.15 bits per heavy atom. The highest BCUT2D eigenvalue weighted by molar-refractivity contribution is 8.00. The van der Waals surface area contributed by atoms with Crippen LogP contribution in [0.4, 0.5) is 5.69 Å². The van der Waals surface area contributed by atoms with Crippen LogP contribution in [0.1, 0.15) is 12.5 Å². The third kappa shape index (κ3) is 4.91. The average molecular weight is 398 g/mol. The minimum Gasteiger partial charge on any atom is -0.494 e. The largest absolute Gasteiger partial charge is 0.494 e. The zero-order valence-electron chi connectivity index (χ0n) is 14.5. The third-order valence-corrected chi connectivity index (χ3v) is 4.86. The molecule has 5 nitrogen and oxygen atoms in total. The first kappa shape index (κ1) is 19.0. The van der Waals surface area contributed by atoms with Crippen LogP contribution in [0.2, 0.25) is 5.02 Å². The molecule has 1 amide bonds. The van der Waals surface area contributed by atoms with Crippen molar-refractivity contribution in [2.24, 2.45) is 0 Å². The van der Waals surface area contributed by atoms with Gasteiger partial charge in [0.25, 0.3) is 0 Å². The quantitative estimate of drug-likeness (QED) is 0.599. The third-order valence-electron chi connectivity index (χ3n) is 3.63. The van der Waals surface area contributed by atoms with E-state index in [9.17, 15) is 10.1 Å². The van der Waals surface area contributed by atoms with Crippen LogP contribution in [-0.4, -0.2) is 23.3 Å². The zero-order valence-corrected chi connectivity index (χ0v) is 16.1. The van der Waals surface area contributed by atoms with E-state index in [4.69, 9.17) is 16.3 Å². The summed E-state index contributed by atoms with van der Waals surface area (Å²) in [5.41, 5.74) is 1.80. The fourth-order valence-electron chi connectivity index (χ4n) is 2.48. The van der Waals surface area contributed by atoms with Gasteiger partial charge in [0, 0.05) is 16.1 Å². The van der Waals surface area contributed by atoms with Crippen LogP contribution in [0.3, 0.4) is 0 Å². The van der Waals surface area contributed by atoms with Gasteiger partial charge in [0.15, 0.2) is 0 Å². The Bertz CT molecular complexity index is 1030. The Morgan fingerprint density at radius 3 is 2.89 bits per heavy atom. The van der Waals surface area contributed by atoms with Gasteiger partial charge in [-0.15, -0.1) is 0 Å². The highest BCUT2D eigenvalue weighted by atomic mass is 35.5. The molecule has 0 aliphatic heterocycles. The van der Waals surface area contributed by atoms with E-state index in [0.717, 1.165) is 16.7 Å². The Hall–Kier alpha value is -2.75. The summed E-state index contributed by atoms with van der Waals surface area (Å²) in [6, 6.07) is 16.4. The highest BCUT2D eigenvalue weighted by Gasteiger charge is 2.11. The van der Waals surface area contributed by atoms with Crippen molar-refractivity contribution in [1.29, 1.82) is 5.26 Å². The molecule has 0 fully saturated rings. The molecule has 0 atom stereocenters. The maximum Gasteiger partial charge on any atom is 0.234 e. The number of rotatable bonds is 6. The monoisotopic (exact) mass is 397 g/mol. The molecule has 0 radical (unpaired) electrons. The van der Waals surface area contributed by atoms with Gasteiger partial charge in [-0.3, -0.25) is 4.79 Å². The molecule has 0 aliphatic carbocycles. The maximum atomic E-state index is 12.2. The number of fused-ring (bicyclic) bond motifs is 1. The van der Waals surface area contributed by atoms with Crippen molar-refractivity contribution in [3.8, 4) is 11.8 Å². The molecule has 136 valence electrons. The number of nitrogens with zero attached hydrogens (tertiary/aromatic N) is 2. The van der Waals surface area contributed by atoms with E-state index in [1.807, 2.05) is 25.1 Å². The fourth-order valence-corrected chi connectivity index (χ4v) is 3.43. The fraction of sp³-hybridized carbons (Fsp3) is 0.150. The molecular weight excluding hydrogens is 382 g/mol. The second-order valence-electron chi connectivity index (χ2n) is 5.59. The number of amides is 1. The number of nitrogens with one attached hydrogen (secondary N) is 1. The van der Waals surface area contributed by atoms with Gasteiger partial charge in [-0.1, -0.05) is 29.4 Å². The summed E-state index contributed by atoms with van der Waals surface area (Å²) in [4.78, 5) is 16.7. The van der Waals surface area contributed by atoms with Gasteiger partial charge in [0.05, 0.1) is 23.4 Å². The van der Waals surface area contributed by atoms with Crippen LogP contribution in [0.25, 0.3) is 10.9 Å². The molecule has 0 saturated heterocycles. The summed E-state index contributed by atoms with van der Waals surface area (Å²) < 4.78 is 5.48. The second kappa shape index (κ2) is 8.76. The van der Waals surface area contributed by atoms with Gasteiger partial charge < -0.3 is 10.1 Å². The molecule has 1 N–H and O–H groups in total. The standard InChI is InChI=1S/C20H16ClN3O2S/c1-2-26-17-6-7-18-13(9-17)8-14(11-22)20(24-18)27-12-19(25)23-16-5-3-4-15(21)10-16/h3-10H,2,12H2,1H3,(H,23,25). The summed E-state index contributed by atoms with van der Waals surface area (Å²) in [6.45, 7) is 2.48. The minimum atomic E-state index is -0.195. The van der Waals surface area contributed by atoms with E-state index in [2.05, 4.69) is 16.4 Å². The number of carbonyl (C=O) groups is 1. The predicted molar refractivity (Wildman–Crippen MR) is 108 cm³/mol. The maximum absolute atomic E-state index is 12.2. The Kier molecular flexibility index (Phi) is 6.17. The Balaban J connectivity index is 1.74. The molecule has 7 heteroatoms. The highest BCUT2D eigenvalue weighted by Crippen LogP contribution is 2.27. The van der Waals surface area contributed by atoms with Crippen molar-refractivity contribution < 1.29 is 9.53 Å². The molecule has 0 bridgehead atoms. The molecule has 0 saturated carbocycles. The number of hydrogen-bond donors (Lipinski definition) is 1. The van der Waals surface area contributed by atoms with Gasteiger partial charge in [0.1, 0.15) is 16.8 Å². The number of nitriles is 1. The first-order chi connectivity index (χ1) is 13.1. The number of halogens is 1.